The molecule has 8 heteroatoms. The van der Waals surface area contributed by atoms with Gasteiger partial charge in [-0.2, -0.15) is 0 Å². The van der Waals surface area contributed by atoms with Crippen LogP contribution < -0.4 is 0 Å². The van der Waals surface area contributed by atoms with E-state index >= 15 is 4.79 Å². The molecular weight excluding hydrogens is 542 g/mol. The molecule has 3 heterocycles. The molecule has 1 N–H and O–H groups in total. The molecule has 3 aliphatic rings. The summed E-state index contributed by atoms with van der Waals surface area (Å²) in [6.07, 6.45) is 7.40. The van der Waals surface area contributed by atoms with Crippen molar-refractivity contribution in [3.05, 3.63) is 25.3 Å². The molecule has 43 heavy (non-hydrogen) atoms. The van der Waals surface area contributed by atoms with Crippen LogP contribution in [0.3, 0.4) is 0 Å². The molecule has 0 aliphatic carbocycles. The van der Waals surface area contributed by atoms with Crippen molar-refractivity contribution < 1.29 is 24.2 Å². The molecule has 7 atom stereocenters. The quantitative estimate of drug-likeness (QED) is 0.261. The van der Waals surface area contributed by atoms with E-state index < -0.39 is 40.7 Å². The normalized spacial score (nSPS) is 29.8. The summed E-state index contributed by atoms with van der Waals surface area (Å²) >= 11 is 0. The highest BCUT2D eigenvalue weighted by Gasteiger charge is 2.79. The Morgan fingerprint density at radius 1 is 1.09 bits per heavy atom. The maximum Gasteiger partial charge on any atom is 0.249 e. The maximum absolute atomic E-state index is 15.1. The van der Waals surface area contributed by atoms with Gasteiger partial charge in [-0.1, -0.05) is 67.0 Å². The van der Waals surface area contributed by atoms with E-state index in [4.69, 9.17) is 4.74 Å². The van der Waals surface area contributed by atoms with Crippen molar-refractivity contribution in [3.63, 3.8) is 0 Å². The minimum Gasteiger partial charge on any atom is -0.394 e. The van der Waals surface area contributed by atoms with Crippen molar-refractivity contribution >= 4 is 17.7 Å². The fourth-order valence-corrected chi connectivity index (χ4v) is 8.70. The standard InChI is InChI=1S/C35H59N3O5/c1-12-19-36(20-13-2)29(40)26-27-30(41)38(25(22-39)24(6)15-4)28(35(27)18-17-34(26,16-5)43-35)31(42)37(21-14-3)33(10,11)23-32(7,8)9/h12,14,24-28,39H,1,3,13,15-23H2,2,4-11H3/t24-,25-,26+,27-,28?,34-,35?/m0/s1. The Balaban J connectivity index is 2.25. The summed E-state index contributed by atoms with van der Waals surface area (Å²) in [6.45, 7) is 27.5. The van der Waals surface area contributed by atoms with Gasteiger partial charge in [-0.15, -0.1) is 13.2 Å². The molecule has 0 radical (unpaired) electrons. The molecule has 3 aliphatic heterocycles. The highest BCUT2D eigenvalue weighted by atomic mass is 16.5. The van der Waals surface area contributed by atoms with Gasteiger partial charge in [0, 0.05) is 25.2 Å². The predicted molar refractivity (Wildman–Crippen MR) is 171 cm³/mol. The lowest BCUT2D eigenvalue weighted by molar-refractivity contribution is -0.162. The Hall–Kier alpha value is -2.19. The molecule has 1 spiro atoms. The van der Waals surface area contributed by atoms with Crippen LogP contribution in [0.25, 0.3) is 0 Å². The van der Waals surface area contributed by atoms with Crippen molar-refractivity contribution in [2.45, 2.75) is 130 Å². The zero-order chi connectivity index (χ0) is 32.5. The zero-order valence-corrected chi connectivity index (χ0v) is 28.4. The van der Waals surface area contributed by atoms with Crippen LogP contribution in [-0.4, -0.2) is 92.6 Å². The largest absolute Gasteiger partial charge is 0.394 e. The average Bonchev–Trinajstić information content (AvgIpc) is 3.53. The van der Waals surface area contributed by atoms with E-state index in [-0.39, 0.29) is 35.7 Å². The first-order chi connectivity index (χ1) is 20.1. The Kier molecular flexibility index (Phi) is 10.7. The molecule has 3 fully saturated rings. The molecule has 0 aromatic rings. The first kappa shape index (κ1) is 35.3. The molecular formula is C35H59N3O5. The molecule has 0 saturated carbocycles. The second-order valence-corrected chi connectivity index (χ2v) is 15.1. The predicted octanol–water partition coefficient (Wildman–Crippen LogP) is 5.20. The number of aliphatic hydroxyl groups is 1. The number of rotatable bonds is 15. The second-order valence-electron chi connectivity index (χ2n) is 15.1. The first-order valence-corrected chi connectivity index (χ1v) is 16.5. The van der Waals surface area contributed by atoms with Crippen LogP contribution in [0.2, 0.25) is 0 Å². The van der Waals surface area contributed by atoms with Gasteiger partial charge < -0.3 is 24.5 Å². The van der Waals surface area contributed by atoms with E-state index in [1.54, 1.807) is 22.0 Å². The van der Waals surface area contributed by atoms with Crippen molar-refractivity contribution in [3.8, 4) is 0 Å². The van der Waals surface area contributed by atoms with E-state index in [0.717, 1.165) is 19.3 Å². The molecule has 244 valence electrons. The molecule has 2 bridgehead atoms. The van der Waals surface area contributed by atoms with Gasteiger partial charge in [0.1, 0.15) is 11.6 Å². The van der Waals surface area contributed by atoms with E-state index in [2.05, 4.69) is 47.8 Å². The van der Waals surface area contributed by atoms with E-state index in [0.29, 0.717) is 38.9 Å². The van der Waals surface area contributed by atoms with E-state index in [9.17, 15) is 14.7 Å². The summed E-state index contributed by atoms with van der Waals surface area (Å²) in [4.78, 5) is 49.6. The third-order valence-corrected chi connectivity index (χ3v) is 10.4. The SMILES string of the molecule is C=CCN(CCC)C(=O)[C@H]1[C@H]2C(=O)N([C@@H](CO)[C@@H](C)CC)C(C(=O)N(CC=C)C(C)(C)CC(C)(C)C)C23CC[C@]1(CC)O3. The van der Waals surface area contributed by atoms with Crippen LogP contribution in [0.1, 0.15) is 101 Å². The number of likely N-dealkylation sites (tertiary alicyclic amines) is 1. The van der Waals surface area contributed by atoms with Gasteiger partial charge in [0.15, 0.2) is 0 Å². The van der Waals surface area contributed by atoms with Crippen molar-refractivity contribution in [2.75, 3.05) is 26.2 Å². The van der Waals surface area contributed by atoms with Crippen LogP contribution in [0, 0.1) is 23.2 Å². The molecule has 3 saturated heterocycles. The van der Waals surface area contributed by atoms with E-state index in [1.807, 2.05) is 32.6 Å². The summed E-state index contributed by atoms with van der Waals surface area (Å²) in [7, 11) is 0. The van der Waals surface area contributed by atoms with Gasteiger partial charge >= 0.3 is 0 Å². The summed E-state index contributed by atoms with van der Waals surface area (Å²) in [5.74, 6) is -2.08. The molecule has 3 amide bonds. The Morgan fingerprint density at radius 2 is 1.72 bits per heavy atom. The van der Waals surface area contributed by atoms with Crippen molar-refractivity contribution in [1.82, 2.24) is 14.7 Å². The van der Waals surface area contributed by atoms with Crippen LogP contribution in [0.5, 0.6) is 0 Å². The minimum atomic E-state index is -1.14. The van der Waals surface area contributed by atoms with Crippen LogP contribution in [0.15, 0.2) is 25.3 Å². The van der Waals surface area contributed by atoms with Gasteiger partial charge in [0.2, 0.25) is 17.7 Å². The summed E-state index contributed by atoms with van der Waals surface area (Å²) < 4.78 is 7.05. The summed E-state index contributed by atoms with van der Waals surface area (Å²) in [5.41, 5.74) is -2.56. The van der Waals surface area contributed by atoms with Gasteiger partial charge in [-0.3, -0.25) is 14.4 Å². The molecule has 0 aromatic heterocycles. The number of aliphatic hydroxyl groups excluding tert-OH is 1. The fraction of sp³-hybridized carbons (Fsp3) is 0.800. The Labute approximate surface area is 260 Å². The average molecular weight is 602 g/mol. The lowest BCUT2D eigenvalue weighted by Gasteiger charge is -2.47. The van der Waals surface area contributed by atoms with Gasteiger partial charge in [0.05, 0.1) is 30.1 Å². The van der Waals surface area contributed by atoms with E-state index in [1.165, 1.54) is 0 Å². The number of amides is 3. The van der Waals surface area contributed by atoms with Crippen molar-refractivity contribution in [2.24, 2.45) is 23.2 Å². The highest BCUT2D eigenvalue weighted by molar-refractivity contribution is 5.99. The number of carbonyl (C=O) groups is 3. The van der Waals surface area contributed by atoms with Gasteiger partial charge in [-0.05, 0) is 57.3 Å². The summed E-state index contributed by atoms with van der Waals surface area (Å²) in [5, 5.41) is 10.7. The number of hydrogen-bond acceptors (Lipinski definition) is 5. The monoisotopic (exact) mass is 601 g/mol. The van der Waals surface area contributed by atoms with Crippen molar-refractivity contribution in [1.29, 1.82) is 0 Å². The number of ether oxygens (including phenoxy) is 1. The Morgan fingerprint density at radius 3 is 2.21 bits per heavy atom. The lowest BCUT2D eigenvalue weighted by Crippen LogP contribution is -2.63. The fourth-order valence-electron chi connectivity index (χ4n) is 8.70. The van der Waals surface area contributed by atoms with Crippen LogP contribution in [-0.2, 0) is 19.1 Å². The van der Waals surface area contributed by atoms with Gasteiger partial charge in [0.25, 0.3) is 0 Å². The second kappa shape index (κ2) is 13.0. The van der Waals surface area contributed by atoms with Crippen LogP contribution >= 0.6 is 0 Å². The highest BCUT2D eigenvalue weighted by Crippen LogP contribution is 2.65. The topological polar surface area (TPSA) is 90.4 Å². The molecule has 0 aromatic carbocycles. The number of nitrogens with zero attached hydrogens (tertiary/aromatic N) is 3. The third-order valence-electron chi connectivity index (χ3n) is 10.4. The molecule has 2 unspecified atom stereocenters. The molecule has 8 nitrogen and oxygen atoms in total. The lowest BCUT2D eigenvalue weighted by atomic mass is 9.64. The number of hydrogen-bond donors (Lipinski definition) is 1. The third kappa shape index (κ3) is 6.07. The van der Waals surface area contributed by atoms with Crippen LogP contribution in [0.4, 0.5) is 0 Å². The minimum absolute atomic E-state index is 0.0560. The molecule has 3 rings (SSSR count). The maximum atomic E-state index is 15.1. The number of carbonyl (C=O) groups excluding carboxylic acids is 3. The smallest absolute Gasteiger partial charge is 0.249 e. The summed E-state index contributed by atoms with van der Waals surface area (Å²) in [6, 6.07) is -1.51. The zero-order valence-electron chi connectivity index (χ0n) is 28.4. The van der Waals surface area contributed by atoms with Gasteiger partial charge in [-0.25, -0.2) is 0 Å². The number of fused-ring (bicyclic) bond motifs is 1. The Bertz CT molecular complexity index is 1070. The first-order valence-electron chi connectivity index (χ1n) is 16.5.